The molecule has 6 aromatic rings. The second-order valence-corrected chi connectivity index (χ2v) is 15.4. The lowest BCUT2D eigenvalue weighted by Gasteiger charge is -2.31. The number of rotatable bonds is 18. The molecule has 6 N–H and O–H groups in total. The van der Waals surface area contributed by atoms with Gasteiger partial charge in [-0.1, -0.05) is 32.1 Å². The highest BCUT2D eigenvalue weighted by Gasteiger charge is 2.24. The number of aromatic nitrogens is 8. The van der Waals surface area contributed by atoms with Gasteiger partial charge in [-0.2, -0.15) is 10.2 Å². The number of amides is 5. The van der Waals surface area contributed by atoms with Crippen LogP contribution in [0.3, 0.4) is 0 Å². The molecule has 67 heavy (non-hydrogen) atoms. The number of nitrogens with two attached hydrogens (primary N) is 2. The SMILES string of the molecule is CC.CCn1nc(C)cc1C(=O)Nc1nc2cc(C(N)=O)cc(OC)c2n1C/C=C/Cn1c(NC(=O)c2cc(C)nn2CC)nc2cc(C(N)=O)cc(OC/C=C/CN3CCN(C)CC3=O)c21. The predicted molar refractivity (Wildman–Crippen MR) is 253 cm³/mol. The molecule has 0 aliphatic carbocycles. The average molecular weight is 919 g/mol. The first kappa shape index (κ1) is 48.6. The highest BCUT2D eigenvalue weighted by Crippen LogP contribution is 2.33. The zero-order valence-electron chi connectivity index (χ0n) is 39.1. The lowest BCUT2D eigenvalue weighted by atomic mass is 10.1. The molecule has 0 unspecified atom stereocenters. The molecule has 5 amide bonds. The van der Waals surface area contributed by atoms with Crippen molar-refractivity contribution in [3.05, 3.63) is 94.6 Å². The lowest BCUT2D eigenvalue weighted by Crippen LogP contribution is -2.48. The van der Waals surface area contributed by atoms with Crippen molar-refractivity contribution in [2.75, 3.05) is 57.6 Å². The normalized spacial score (nSPS) is 13.1. The number of aryl methyl sites for hydroxylation is 4. The molecule has 0 bridgehead atoms. The molecule has 2 aromatic carbocycles. The van der Waals surface area contributed by atoms with E-state index in [0.717, 1.165) is 6.54 Å². The van der Waals surface area contributed by atoms with Crippen molar-refractivity contribution in [2.45, 2.75) is 67.7 Å². The minimum absolute atomic E-state index is 0.0395. The molecule has 1 fully saturated rings. The molecule has 0 saturated carbocycles. The topological polar surface area (TPSA) is 258 Å². The summed E-state index contributed by atoms with van der Waals surface area (Å²) in [4.78, 5) is 78.0. The van der Waals surface area contributed by atoms with Crippen molar-refractivity contribution >= 4 is 63.5 Å². The highest BCUT2D eigenvalue weighted by molar-refractivity contribution is 6.05. The Morgan fingerprint density at radius 2 is 1.18 bits per heavy atom. The van der Waals surface area contributed by atoms with Gasteiger partial charge in [0.15, 0.2) is 0 Å². The third-order valence-electron chi connectivity index (χ3n) is 10.8. The number of primary amides is 2. The number of ether oxygens (including phenoxy) is 2. The average Bonchev–Trinajstić information content (AvgIpc) is 4.07. The van der Waals surface area contributed by atoms with Crippen LogP contribution >= 0.6 is 0 Å². The third-order valence-corrected chi connectivity index (χ3v) is 10.8. The molecular formula is C46H58N14O7. The number of imidazole rings is 2. The van der Waals surface area contributed by atoms with E-state index in [4.69, 9.17) is 30.9 Å². The van der Waals surface area contributed by atoms with Gasteiger partial charge in [0.2, 0.25) is 29.6 Å². The summed E-state index contributed by atoms with van der Waals surface area (Å²) in [5.74, 6) is -1.36. The molecule has 1 aliphatic rings. The van der Waals surface area contributed by atoms with Crippen LogP contribution in [-0.4, -0.2) is 125 Å². The monoisotopic (exact) mass is 918 g/mol. The minimum Gasteiger partial charge on any atom is -0.494 e. The summed E-state index contributed by atoms with van der Waals surface area (Å²) in [5, 5.41) is 14.7. The Balaban J connectivity index is 0.00000365. The van der Waals surface area contributed by atoms with Gasteiger partial charge in [0.25, 0.3) is 11.8 Å². The van der Waals surface area contributed by atoms with Crippen LogP contribution in [0.4, 0.5) is 11.9 Å². The molecule has 21 heteroatoms. The van der Waals surface area contributed by atoms with Gasteiger partial charge in [-0.25, -0.2) is 9.97 Å². The lowest BCUT2D eigenvalue weighted by molar-refractivity contribution is -0.134. The zero-order chi connectivity index (χ0) is 48.5. The maximum Gasteiger partial charge on any atom is 0.276 e. The molecule has 0 radical (unpaired) electrons. The number of hydrogen-bond acceptors (Lipinski definition) is 12. The Morgan fingerprint density at radius 1 is 0.701 bits per heavy atom. The number of nitrogens with one attached hydrogen (secondary N) is 2. The summed E-state index contributed by atoms with van der Waals surface area (Å²) in [6.45, 7) is 14.8. The smallest absolute Gasteiger partial charge is 0.276 e. The number of carbonyl (C=O) groups excluding carboxylic acids is 5. The van der Waals surface area contributed by atoms with Gasteiger partial charge in [0.1, 0.15) is 40.5 Å². The van der Waals surface area contributed by atoms with E-state index in [1.807, 2.05) is 57.9 Å². The second kappa shape index (κ2) is 21.5. The molecule has 7 rings (SSSR count). The minimum atomic E-state index is -0.702. The fraction of sp³-hybridized carbons (Fsp3) is 0.370. The summed E-state index contributed by atoms with van der Waals surface area (Å²) in [6, 6.07) is 9.44. The first-order chi connectivity index (χ1) is 32.2. The molecule has 0 atom stereocenters. The van der Waals surface area contributed by atoms with Crippen molar-refractivity contribution < 1.29 is 33.4 Å². The predicted octanol–water partition coefficient (Wildman–Crippen LogP) is 4.14. The molecular weight excluding hydrogens is 861 g/mol. The van der Waals surface area contributed by atoms with Gasteiger partial charge in [0.05, 0.1) is 36.1 Å². The quantitative estimate of drug-likeness (QED) is 0.0888. The van der Waals surface area contributed by atoms with Crippen LogP contribution in [-0.2, 0) is 31.0 Å². The maximum absolute atomic E-state index is 13.8. The van der Waals surface area contributed by atoms with E-state index in [0.29, 0.717) is 83.3 Å². The van der Waals surface area contributed by atoms with Crippen molar-refractivity contribution in [3.8, 4) is 11.5 Å². The maximum atomic E-state index is 13.8. The van der Waals surface area contributed by atoms with E-state index in [-0.39, 0.29) is 54.4 Å². The van der Waals surface area contributed by atoms with Crippen LogP contribution in [0, 0.1) is 13.8 Å². The number of allylic oxidation sites excluding steroid dienone is 2. The Labute approximate surface area is 387 Å². The van der Waals surface area contributed by atoms with Crippen molar-refractivity contribution in [3.63, 3.8) is 0 Å². The van der Waals surface area contributed by atoms with E-state index in [9.17, 15) is 24.0 Å². The van der Waals surface area contributed by atoms with Gasteiger partial charge in [-0.15, -0.1) is 0 Å². The number of likely N-dealkylation sites (N-methyl/N-ethyl adjacent to an activating group) is 1. The van der Waals surface area contributed by atoms with Crippen molar-refractivity contribution in [1.29, 1.82) is 0 Å². The number of fused-ring (bicyclic) bond motifs is 2. The van der Waals surface area contributed by atoms with Crippen molar-refractivity contribution in [2.24, 2.45) is 11.5 Å². The number of benzene rings is 2. The Kier molecular flexibility index (Phi) is 15.6. The van der Waals surface area contributed by atoms with Crippen LogP contribution < -0.4 is 31.6 Å². The van der Waals surface area contributed by atoms with Crippen LogP contribution in [0.2, 0.25) is 0 Å². The number of piperazine rings is 1. The Morgan fingerprint density at radius 3 is 1.64 bits per heavy atom. The van der Waals surface area contributed by atoms with Gasteiger partial charge >= 0.3 is 0 Å². The molecule has 0 spiro atoms. The fourth-order valence-corrected chi connectivity index (χ4v) is 7.61. The van der Waals surface area contributed by atoms with E-state index in [1.165, 1.54) is 31.4 Å². The van der Waals surface area contributed by atoms with E-state index in [2.05, 4.69) is 20.8 Å². The second-order valence-electron chi connectivity index (χ2n) is 15.4. The number of nitrogens with zero attached hydrogens (tertiary/aromatic N) is 10. The third kappa shape index (κ3) is 10.8. The van der Waals surface area contributed by atoms with Gasteiger partial charge < -0.3 is 35.0 Å². The Hall–Kier alpha value is -7.81. The number of carbonyl (C=O) groups is 5. The Bertz CT molecular complexity index is 2880. The first-order valence-corrected chi connectivity index (χ1v) is 22.0. The summed E-state index contributed by atoms with van der Waals surface area (Å²) < 4.78 is 18.6. The number of methoxy groups -OCH3 is 1. The highest BCUT2D eigenvalue weighted by atomic mass is 16.5. The van der Waals surface area contributed by atoms with E-state index >= 15 is 0 Å². The molecule has 1 saturated heterocycles. The van der Waals surface area contributed by atoms with Gasteiger partial charge in [-0.05, 0) is 77.2 Å². The fourth-order valence-electron chi connectivity index (χ4n) is 7.61. The standard InChI is InChI=1S/C44H52N14O7.C2H6/c1-7-57-32(19-26(3)51-57)41(62)49-43-47-30-21-28(39(45)60)23-34(64-6)37(30)55(43)14-9-10-15-56-38-31(48-44(56)50-42(63)33-20-27(4)52-58(33)8-2)22-29(40(46)61)24-35(38)65-18-12-11-13-54-17-16-53(5)25-36(54)59;1-2/h9-12,19-24H,7-8,13-18,25H2,1-6H3,(H2,45,60)(H2,46,61)(H,47,49,62)(H,48,50,63);1-2H3/b10-9+,12-11+;. The summed E-state index contributed by atoms with van der Waals surface area (Å²) in [6.07, 6.45) is 7.29. The van der Waals surface area contributed by atoms with E-state index < -0.39 is 23.6 Å². The molecule has 21 nitrogen and oxygen atoms in total. The molecule has 1 aliphatic heterocycles. The first-order valence-electron chi connectivity index (χ1n) is 22.0. The van der Waals surface area contributed by atoms with Crippen LogP contribution in [0.15, 0.2) is 60.7 Å². The van der Waals surface area contributed by atoms with Crippen molar-refractivity contribution in [1.82, 2.24) is 48.5 Å². The number of hydrogen-bond donors (Lipinski definition) is 4. The van der Waals surface area contributed by atoms with Gasteiger partial charge in [0, 0.05) is 56.9 Å². The molecule has 354 valence electrons. The summed E-state index contributed by atoms with van der Waals surface area (Å²) in [5.41, 5.74) is 15.3. The van der Waals surface area contributed by atoms with Crippen LogP contribution in [0.25, 0.3) is 22.1 Å². The van der Waals surface area contributed by atoms with Crippen LogP contribution in [0.1, 0.15) is 80.8 Å². The number of anilines is 2. The van der Waals surface area contributed by atoms with Crippen LogP contribution in [0.5, 0.6) is 11.5 Å². The van der Waals surface area contributed by atoms with Gasteiger partial charge in [-0.3, -0.25) is 48.9 Å². The van der Waals surface area contributed by atoms with E-state index in [1.54, 1.807) is 55.5 Å². The zero-order valence-corrected chi connectivity index (χ0v) is 39.1. The molecule has 4 aromatic heterocycles. The largest absolute Gasteiger partial charge is 0.494 e. The summed E-state index contributed by atoms with van der Waals surface area (Å²) >= 11 is 0. The summed E-state index contributed by atoms with van der Waals surface area (Å²) in [7, 11) is 3.36. The molecule has 5 heterocycles.